The zero-order valence-corrected chi connectivity index (χ0v) is 15.1. The second-order valence-corrected chi connectivity index (χ2v) is 6.91. The Morgan fingerprint density at radius 1 is 1.31 bits per heavy atom. The van der Waals surface area contributed by atoms with Gasteiger partial charge in [0.2, 0.25) is 0 Å². The van der Waals surface area contributed by atoms with Crippen LogP contribution in [-0.2, 0) is 13.6 Å². The Labute approximate surface area is 152 Å². The van der Waals surface area contributed by atoms with Crippen molar-refractivity contribution in [3.8, 4) is 0 Å². The number of benzene rings is 1. The summed E-state index contributed by atoms with van der Waals surface area (Å²) >= 11 is 0. The molecule has 138 valence electrons. The number of hydrogen-bond acceptors (Lipinski definition) is 4. The van der Waals surface area contributed by atoms with Gasteiger partial charge in [0.25, 0.3) is 5.91 Å². The number of amides is 1. The molecular weight excluding hydrogens is 332 g/mol. The number of carbonyl (C=O) groups excluding carboxylic acids is 1. The predicted octanol–water partition coefficient (Wildman–Crippen LogP) is 2.28. The highest BCUT2D eigenvalue weighted by molar-refractivity contribution is 6.03. The maximum atomic E-state index is 12.2. The van der Waals surface area contributed by atoms with Crippen molar-refractivity contribution in [1.82, 2.24) is 15.1 Å². The first-order valence-electron chi connectivity index (χ1n) is 8.83. The molecule has 0 spiro atoms. The van der Waals surface area contributed by atoms with E-state index < -0.39 is 11.9 Å². The van der Waals surface area contributed by atoms with Crippen molar-refractivity contribution in [3.63, 3.8) is 0 Å². The summed E-state index contributed by atoms with van der Waals surface area (Å²) in [4.78, 5) is 25.8. The topological polar surface area (TPSA) is 87.5 Å². The predicted molar refractivity (Wildman–Crippen MR) is 98.4 cm³/mol. The van der Waals surface area contributed by atoms with Crippen molar-refractivity contribution >= 4 is 17.6 Å². The molecular formula is C19H24N4O3. The number of carbonyl (C=O) groups is 2. The molecule has 2 heterocycles. The summed E-state index contributed by atoms with van der Waals surface area (Å²) in [5.41, 5.74) is 1.99. The number of carboxylic acids is 1. The van der Waals surface area contributed by atoms with E-state index in [2.05, 4.69) is 34.4 Å². The minimum absolute atomic E-state index is 0.0704. The maximum absolute atomic E-state index is 12.2. The van der Waals surface area contributed by atoms with E-state index in [1.165, 1.54) is 29.4 Å². The van der Waals surface area contributed by atoms with Gasteiger partial charge in [-0.25, -0.2) is 4.79 Å². The quantitative estimate of drug-likeness (QED) is 0.858. The van der Waals surface area contributed by atoms with Crippen LogP contribution in [0.3, 0.4) is 0 Å². The zero-order valence-electron chi connectivity index (χ0n) is 15.1. The molecule has 0 saturated carbocycles. The van der Waals surface area contributed by atoms with Gasteiger partial charge < -0.3 is 15.3 Å². The van der Waals surface area contributed by atoms with Crippen molar-refractivity contribution in [2.75, 3.05) is 18.0 Å². The van der Waals surface area contributed by atoms with Crippen LogP contribution in [0.25, 0.3) is 0 Å². The normalized spacial score (nSPS) is 17.2. The summed E-state index contributed by atoms with van der Waals surface area (Å²) in [6.45, 7) is 4.76. The van der Waals surface area contributed by atoms with Gasteiger partial charge in [0, 0.05) is 38.6 Å². The number of aryl methyl sites for hydroxylation is 1. The largest absolute Gasteiger partial charge is 0.478 e. The van der Waals surface area contributed by atoms with Crippen LogP contribution in [0.5, 0.6) is 0 Å². The Bertz CT molecular complexity index is 798. The molecule has 1 saturated heterocycles. The number of piperidine rings is 1. The lowest BCUT2D eigenvalue weighted by molar-refractivity contribution is 0.0691. The van der Waals surface area contributed by atoms with Gasteiger partial charge in [-0.3, -0.25) is 9.48 Å². The van der Waals surface area contributed by atoms with E-state index >= 15 is 0 Å². The minimum atomic E-state index is -1.16. The Morgan fingerprint density at radius 2 is 2.04 bits per heavy atom. The molecule has 1 aromatic carbocycles. The smallest absolute Gasteiger partial charge is 0.339 e. The fourth-order valence-corrected chi connectivity index (χ4v) is 3.33. The Morgan fingerprint density at radius 3 is 2.69 bits per heavy atom. The second kappa shape index (κ2) is 7.59. The molecule has 7 heteroatoms. The van der Waals surface area contributed by atoms with E-state index in [4.69, 9.17) is 5.11 Å². The highest BCUT2D eigenvalue weighted by atomic mass is 16.4. The maximum Gasteiger partial charge on any atom is 0.339 e. The van der Waals surface area contributed by atoms with Crippen LogP contribution in [0.4, 0.5) is 5.69 Å². The molecule has 0 aliphatic carbocycles. The first-order chi connectivity index (χ1) is 12.4. The molecule has 26 heavy (non-hydrogen) atoms. The van der Waals surface area contributed by atoms with Gasteiger partial charge >= 0.3 is 5.97 Å². The molecule has 0 bridgehead atoms. The molecule has 1 fully saturated rings. The molecule has 2 aromatic rings. The minimum Gasteiger partial charge on any atom is -0.478 e. The fraction of sp³-hybridized carbons (Fsp3) is 0.421. The SMILES string of the molecule is CC1CCCN(c2ccc(CNC(=O)c3nn(C)cc3C(=O)O)cc2)C1. The number of aromatic carboxylic acids is 1. The standard InChI is InChI=1S/C19H24N4O3/c1-13-4-3-9-23(11-13)15-7-5-14(6-8-15)10-20-18(24)17-16(19(25)26)12-22(2)21-17/h5-8,12-13H,3-4,9-11H2,1-2H3,(H,20,24)(H,25,26). The highest BCUT2D eigenvalue weighted by Gasteiger charge is 2.21. The van der Waals surface area contributed by atoms with Crippen molar-refractivity contribution in [3.05, 3.63) is 47.3 Å². The van der Waals surface area contributed by atoms with Gasteiger partial charge in [0.15, 0.2) is 5.69 Å². The lowest BCUT2D eigenvalue weighted by Crippen LogP contribution is -2.34. The van der Waals surface area contributed by atoms with Crippen LogP contribution < -0.4 is 10.2 Å². The molecule has 7 nitrogen and oxygen atoms in total. The first-order valence-corrected chi connectivity index (χ1v) is 8.83. The lowest BCUT2D eigenvalue weighted by atomic mass is 9.99. The van der Waals surface area contributed by atoms with Crippen LogP contribution in [0.2, 0.25) is 0 Å². The van der Waals surface area contributed by atoms with Crippen LogP contribution in [-0.4, -0.2) is 39.9 Å². The van der Waals surface area contributed by atoms with Crippen LogP contribution >= 0.6 is 0 Å². The molecule has 3 rings (SSSR count). The summed E-state index contributed by atoms with van der Waals surface area (Å²) < 4.78 is 1.33. The van der Waals surface area contributed by atoms with E-state index in [0.717, 1.165) is 18.7 Å². The molecule has 1 aliphatic heterocycles. The summed E-state index contributed by atoms with van der Waals surface area (Å²) in [6.07, 6.45) is 3.83. The molecule has 1 aromatic heterocycles. The van der Waals surface area contributed by atoms with Crippen molar-refractivity contribution in [1.29, 1.82) is 0 Å². The van der Waals surface area contributed by atoms with E-state index in [9.17, 15) is 9.59 Å². The number of aromatic nitrogens is 2. The fourth-order valence-electron chi connectivity index (χ4n) is 3.33. The van der Waals surface area contributed by atoms with E-state index in [1.807, 2.05) is 12.1 Å². The van der Waals surface area contributed by atoms with Gasteiger partial charge in [-0.15, -0.1) is 0 Å². The van der Waals surface area contributed by atoms with E-state index in [0.29, 0.717) is 12.5 Å². The summed E-state index contributed by atoms with van der Waals surface area (Å²) in [5.74, 6) is -0.940. The third-order valence-electron chi connectivity index (χ3n) is 4.69. The van der Waals surface area contributed by atoms with Crippen molar-refractivity contribution in [2.45, 2.75) is 26.3 Å². The van der Waals surface area contributed by atoms with E-state index in [-0.39, 0.29) is 11.3 Å². The monoisotopic (exact) mass is 356 g/mol. The number of nitrogens with one attached hydrogen (secondary N) is 1. The second-order valence-electron chi connectivity index (χ2n) is 6.91. The molecule has 1 unspecified atom stereocenters. The van der Waals surface area contributed by atoms with Crippen LogP contribution in [0.15, 0.2) is 30.5 Å². The van der Waals surface area contributed by atoms with Gasteiger partial charge in [0.05, 0.1) is 0 Å². The molecule has 1 amide bonds. The summed E-state index contributed by atoms with van der Waals surface area (Å²) in [5, 5.41) is 15.8. The Kier molecular flexibility index (Phi) is 5.25. The Hall–Kier alpha value is -2.83. The first kappa shape index (κ1) is 18.0. The highest BCUT2D eigenvalue weighted by Crippen LogP contribution is 2.23. The number of carboxylic acid groups (broad SMARTS) is 1. The van der Waals surface area contributed by atoms with Crippen molar-refractivity contribution in [2.24, 2.45) is 13.0 Å². The van der Waals surface area contributed by atoms with Gasteiger partial charge in [0.1, 0.15) is 5.56 Å². The Balaban J connectivity index is 1.61. The molecule has 1 aliphatic rings. The third kappa shape index (κ3) is 4.04. The number of hydrogen-bond donors (Lipinski definition) is 2. The lowest BCUT2D eigenvalue weighted by Gasteiger charge is -2.32. The van der Waals surface area contributed by atoms with Gasteiger partial charge in [-0.1, -0.05) is 19.1 Å². The average molecular weight is 356 g/mol. The van der Waals surface area contributed by atoms with Gasteiger partial charge in [-0.05, 0) is 36.5 Å². The van der Waals surface area contributed by atoms with Crippen LogP contribution in [0, 0.1) is 5.92 Å². The zero-order chi connectivity index (χ0) is 18.7. The number of rotatable bonds is 5. The molecule has 2 N–H and O–H groups in total. The number of anilines is 1. The third-order valence-corrected chi connectivity index (χ3v) is 4.69. The summed E-state index contributed by atoms with van der Waals surface area (Å²) in [6, 6.07) is 8.13. The number of nitrogens with zero attached hydrogens (tertiary/aromatic N) is 3. The molecule has 0 radical (unpaired) electrons. The average Bonchev–Trinajstić information content (AvgIpc) is 3.02. The van der Waals surface area contributed by atoms with Crippen LogP contribution in [0.1, 0.15) is 46.2 Å². The van der Waals surface area contributed by atoms with Gasteiger partial charge in [-0.2, -0.15) is 5.10 Å². The van der Waals surface area contributed by atoms with E-state index in [1.54, 1.807) is 7.05 Å². The molecule has 1 atom stereocenters. The van der Waals surface area contributed by atoms with Crippen molar-refractivity contribution < 1.29 is 14.7 Å². The summed E-state index contributed by atoms with van der Waals surface area (Å²) in [7, 11) is 1.59.